The van der Waals surface area contributed by atoms with Crippen LogP contribution in [0.15, 0.2) is 24.5 Å². The first-order valence-corrected chi connectivity index (χ1v) is 4.59. The summed E-state index contributed by atoms with van der Waals surface area (Å²) in [5.41, 5.74) is 1.97. The molecule has 2 aromatic heterocycles. The molecule has 14 heavy (non-hydrogen) atoms. The maximum Gasteiger partial charge on any atom is 0.139 e. The van der Waals surface area contributed by atoms with Crippen LogP contribution in [0.25, 0.3) is 11.0 Å². The molecule has 1 atom stereocenters. The Bertz CT molecular complexity index is 473. The fourth-order valence-corrected chi connectivity index (χ4v) is 1.68. The molecule has 0 bridgehead atoms. The summed E-state index contributed by atoms with van der Waals surface area (Å²) in [5, 5.41) is 1.06. The van der Waals surface area contributed by atoms with Gasteiger partial charge >= 0.3 is 0 Å². The van der Waals surface area contributed by atoms with E-state index in [0.29, 0.717) is 0 Å². The SMILES string of the molecule is CC(C=O)c1cn(C)c2ncccc12. The average molecular weight is 188 g/mol. The summed E-state index contributed by atoms with van der Waals surface area (Å²) < 4.78 is 1.95. The van der Waals surface area contributed by atoms with Crippen LogP contribution in [0.5, 0.6) is 0 Å². The van der Waals surface area contributed by atoms with Crippen molar-refractivity contribution in [1.82, 2.24) is 9.55 Å². The van der Waals surface area contributed by atoms with Crippen molar-refractivity contribution in [2.24, 2.45) is 7.05 Å². The van der Waals surface area contributed by atoms with Gasteiger partial charge < -0.3 is 9.36 Å². The topological polar surface area (TPSA) is 34.9 Å². The fourth-order valence-electron chi connectivity index (χ4n) is 1.68. The quantitative estimate of drug-likeness (QED) is 0.674. The lowest BCUT2D eigenvalue weighted by Gasteiger charge is -1.99. The number of rotatable bonds is 2. The first kappa shape index (κ1) is 8.94. The molecule has 0 radical (unpaired) electrons. The number of carbonyl (C=O) groups excluding carboxylic acids is 1. The molecule has 0 aliphatic rings. The Morgan fingerprint density at radius 3 is 3.07 bits per heavy atom. The highest BCUT2D eigenvalue weighted by molar-refractivity contribution is 5.84. The zero-order valence-electron chi connectivity index (χ0n) is 8.27. The van der Waals surface area contributed by atoms with Gasteiger partial charge in [0, 0.05) is 30.7 Å². The van der Waals surface area contributed by atoms with Crippen molar-refractivity contribution in [3.8, 4) is 0 Å². The van der Waals surface area contributed by atoms with Crippen LogP contribution < -0.4 is 0 Å². The summed E-state index contributed by atoms with van der Waals surface area (Å²) in [6.07, 6.45) is 4.69. The Hall–Kier alpha value is -1.64. The van der Waals surface area contributed by atoms with E-state index in [9.17, 15) is 4.79 Å². The fraction of sp³-hybridized carbons (Fsp3) is 0.273. The Balaban J connectivity index is 2.72. The molecule has 0 fully saturated rings. The molecular weight excluding hydrogens is 176 g/mol. The van der Waals surface area contributed by atoms with Crippen molar-refractivity contribution in [3.05, 3.63) is 30.1 Å². The number of hydrogen-bond donors (Lipinski definition) is 0. The molecule has 2 aromatic rings. The van der Waals surface area contributed by atoms with E-state index in [0.717, 1.165) is 22.9 Å². The first-order chi connectivity index (χ1) is 6.74. The third kappa shape index (κ3) is 1.21. The first-order valence-electron chi connectivity index (χ1n) is 4.59. The second-order valence-electron chi connectivity index (χ2n) is 3.49. The number of nitrogens with zero attached hydrogens (tertiary/aromatic N) is 2. The molecule has 0 saturated heterocycles. The summed E-state index contributed by atoms with van der Waals surface area (Å²) in [7, 11) is 1.94. The van der Waals surface area contributed by atoms with Gasteiger partial charge in [0.15, 0.2) is 0 Å². The number of hydrogen-bond acceptors (Lipinski definition) is 2. The smallest absolute Gasteiger partial charge is 0.139 e. The van der Waals surface area contributed by atoms with Crippen molar-refractivity contribution in [1.29, 1.82) is 0 Å². The predicted octanol–water partition coefficient (Wildman–Crippen LogP) is 1.88. The van der Waals surface area contributed by atoms with Gasteiger partial charge in [0.05, 0.1) is 0 Å². The number of carbonyl (C=O) groups is 1. The zero-order chi connectivity index (χ0) is 10.1. The van der Waals surface area contributed by atoms with E-state index in [4.69, 9.17) is 0 Å². The molecule has 72 valence electrons. The average Bonchev–Trinajstić information content (AvgIpc) is 2.56. The third-order valence-corrected chi connectivity index (χ3v) is 2.46. The molecule has 0 N–H and O–H groups in total. The number of aryl methyl sites for hydroxylation is 1. The minimum absolute atomic E-state index is 0.0668. The van der Waals surface area contributed by atoms with Crippen LogP contribution in [0.4, 0.5) is 0 Å². The van der Waals surface area contributed by atoms with E-state index in [1.165, 1.54) is 0 Å². The maximum atomic E-state index is 10.7. The van der Waals surface area contributed by atoms with Gasteiger partial charge in [-0.15, -0.1) is 0 Å². The van der Waals surface area contributed by atoms with Crippen LogP contribution in [0.1, 0.15) is 18.4 Å². The monoisotopic (exact) mass is 188 g/mol. The second kappa shape index (κ2) is 3.25. The van der Waals surface area contributed by atoms with Crippen LogP contribution in [0.2, 0.25) is 0 Å². The Labute approximate surface area is 82.4 Å². The Morgan fingerprint density at radius 2 is 2.36 bits per heavy atom. The third-order valence-electron chi connectivity index (χ3n) is 2.46. The minimum atomic E-state index is -0.0668. The lowest BCUT2D eigenvalue weighted by atomic mass is 10.0. The molecule has 0 spiro atoms. The number of fused-ring (bicyclic) bond motifs is 1. The molecule has 1 unspecified atom stereocenters. The molecule has 0 aliphatic carbocycles. The molecule has 0 aromatic carbocycles. The van der Waals surface area contributed by atoms with E-state index in [1.807, 2.05) is 36.9 Å². The van der Waals surface area contributed by atoms with Gasteiger partial charge in [0.1, 0.15) is 11.9 Å². The normalized spacial score (nSPS) is 13.0. The standard InChI is InChI=1S/C11H12N2O/c1-8(7-14)10-6-13(2)11-9(10)4-3-5-12-11/h3-8H,1-2H3. The van der Waals surface area contributed by atoms with Crippen molar-refractivity contribution >= 4 is 17.3 Å². The summed E-state index contributed by atoms with van der Waals surface area (Å²) in [5.74, 6) is -0.0668. The van der Waals surface area contributed by atoms with Gasteiger partial charge in [0.25, 0.3) is 0 Å². The summed E-state index contributed by atoms with van der Waals surface area (Å²) in [4.78, 5) is 15.0. The number of pyridine rings is 1. The van der Waals surface area contributed by atoms with Crippen LogP contribution in [-0.4, -0.2) is 15.8 Å². The minimum Gasteiger partial charge on any atom is -0.335 e. The highest BCUT2D eigenvalue weighted by Crippen LogP contribution is 2.24. The molecule has 0 amide bonds. The molecular formula is C11H12N2O. The van der Waals surface area contributed by atoms with Gasteiger partial charge in [-0.2, -0.15) is 0 Å². The largest absolute Gasteiger partial charge is 0.335 e. The highest BCUT2D eigenvalue weighted by atomic mass is 16.1. The molecule has 0 aliphatic heterocycles. The highest BCUT2D eigenvalue weighted by Gasteiger charge is 2.12. The molecule has 3 heteroatoms. The molecule has 2 rings (SSSR count). The van der Waals surface area contributed by atoms with E-state index >= 15 is 0 Å². The van der Waals surface area contributed by atoms with Crippen LogP contribution in [0, 0.1) is 0 Å². The van der Waals surface area contributed by atoms with E-state index in [-0.39, 0.29) is 5.92 Å². The molecule has 3 nitrogen and oxygen atoms in total. The Morgan fingerprint density at radius 1 is 1.57 bits per heavy atom. The summed E-state index contributed by atoms with van der Waals surface area (Å²) in [6.45, 7) is 1.90. The van der Waals surface area contributed by atoms with Crippen molar-refractivity contribution in [3.63, 3.8) is 0 Å². The maximum absolute atomic E-state index is 10.7. The van der Waals surface area contributed by atoms with Gasteiger partial charge in [-0.25, -0.2) is 4.98 Å². The van der Waals surface area contributed by atoms with E-state index in [2.05, 4.69) is 4.98 Å². The zero-order valence-corrected chi connectivity index (χ0v) is 8.27. The van der Waals surface area contributed by atoms with Crippen molar-refractivity contribution < 1.29 is 4.79 Å². The lowest BCUT2D eigenvalue weighted by Crippen LogP contribution is -1.92. The van der Waals surface area contributed by atoms with Crippen molar-refractivity contribution in [2.75, 3.05) is 0 Å². The van der Waals surface area contributed by atoms with Crippen molar-refractivity contribution in [2.45, 2.75) is 12.8 Å². The van der Waals surface area contributed by atoms with E-state index in [1.54, 1.807) is 6.20 Å². The predicted molar refractivity (Wildman–Crippen MR) is 55.2 cm³/mol. The van der Waals surface area contributed by atoms with Gasteiger partial charge in [-0.1, -0.05) is 6.92 Å². The molecule has 2 heterocycles. The van der Waals surface area contributed by atoms with Crippen LogP contribution in [0.3, 0.4) is 0 Å². The van der Waals surface area contributed by atoms with Crippen LogP contribution >= 0.6 is 0 Å². The second-order valence-corrected chi connectivity index (χ2v) is 3.49. The number of aldehydes is 1. The summed E-state index contributed by atoms with van der Waals surface area (Å²) >= 11 is 0. The van der Waals surface area contributed by atoms with Gasteiger partial charge in [-0.3, -0.25) is 0 Å². The molecule has 0 saturated carbocycles. The lowest BCUT2D eigenvalue weighted by molar-refractivity contribution is -0.108. The van der Waals surface area contributed by atoms with Gasteiger partial charge in [-0.05, 0) is 17.7 Å². The van der Waals surface area contributed by atoms with Gasteiger partial charge in [0.2, 0.25) is 0 Å². The van der Waals surface area contributed by atoms with E-state index < -0.39 is 0 Å². The number of aromatic nitrogens is 2. The summed E-state index contributed by atoms with van der Waals surface area (Å²) in [6, 6.07) is 3.89. The Kier molecular flexibility index (Phi) is 2.08. The van der Waals surface area contributed by atoms with Crippen LogP contribution in [-0.2, 0) is 11.8 Å².